The van der Waals surface area contributed by atoms with E-state index in [1.54, 1.807) is 0 Å². The van der Waals surface area contributed by atoms with E-state index in [-0.39, 0.29) is 11.9 Å². The molecule has 0 spiro atoms. The van der Waals surface area contributed by atoms with Crippen LogP contribution in [0.25, 0.3) is 0 Å². The topological polar surface area (TPSA) is 52.6 Å². The Morgan fingerprint density at radius 1 is 0.538 bits per heavy atom. The van der Waals surface area contributed by atoms with E-state index >= 15 is 0 Å². The maximum atomic E-state index is 10.6. The zero-order chi connectivity index (χ0) is 19.3. The normalized spacial score (nSPS) is 11.3. The molecule has 0 saturated heterocycles. The molecular formula is C22H38O4. The van der Waals surface area contributed by atoms with Gasteiger partial charge in [-0.15, -0.1) is 0 Å². The minimum absolute atomic E-state index is 0.188. The van der Waals surface area contributed by atoms with E-state index in [2.05, 4.69) is 24.3 Å². The van der Waals surface area contributed by atoms with Crippen LogP contribution in [0.4, 0.5) is 0 Å². The average Bonchev–Trinajstić information content (AvgIpc) is 2.59. The molecule has 0 atom stereocenters. The molecule has 0 amide bonds. The number of allylic oxidation sites excluding steroid dienone is 4. The van der Waals surface area contributed by atoms with Gasteiger partial charge in [-0.1, -0.05) is 37.1 Å². The van der Waals surface area contributed by atoms with Gasteiger partial charge >= 0.3 is 11.9 Å². The number of carbonyl (C=O) groups is 2. The first-order chi connectivity index (χ1) is 12.6. The first-order valence-corrected chi connectivity index (χ1v) is 10.2. The zero-order valence-electron chi connectivity index (χ0n) is 16.8. The van der Waals surface area contributed by atoms with E-state index in [0.29, 0.717) is 13.2 Å². The lowest BCUT2D eigenvalue weighted by atomic mass is 10.1. The van der Waals surface area contributed by atoms with Gasteiger partial charge in [0, 0.05) is 13.8 Å². The Labute approximate surface area is 160 Å². The van der Waals surface area contributed by atoms with Crippen LogP contribution < -0.4 is 0 Å². The van der Waals surface area contributed by atoms with Gasteiger partial charge in [-0.05, 0) is 64.2 Å². The van der Waals surface area contributed by atoms with Crippen molar-refractivity contribution in [2.45, 2.75) is 90.9 Å². The molecule has 4 nitrogen and oxygen atoms in total. The molecule has 0 fully saturated rings. The Morgan fingerprint density at radius 2 is 0.846 bits per heavy atom. The lowest BCUT2D eigenvalue weighted by Crippen LogP contribution is -1.99. The van der Waals surface area contributed by atoms with Gasteiger partial charge in [0.25, 0.3) is 0 Å². The molecule has 0 heterocycles. The molecule has 150 valence electrons. The number of hydrogen-bond donors (Lipinski definition) is 0. The van der Waals surface area contributed by atoms with Crippen molar-refractivity contribution in [3.63, 3.8) is 0 Å². The lowest BCUT2D eigenvalue weighted by Gasteiger charge is -2.00. The Balaban J connectivity index is 3.18. The minimum Gasteiger partial charge on any atom is -0.466 e. The van der Waals surface area contributed by atoms with E-state index < -0.39 is 0 Å². The monoisotopic (exact) mass is 366 g/mol. The molecule has 0 aliphatic carbocycles. The molecule has 0 radical (unpaired) electrons. The van der Waals surface area contributed by atoms with Gasteiger partial charge in [-0.2, -0.15) is 0 Å². The second-order valence-corrected chi connectivity index (χ2v) is 6.61. The van der Waals surface area contributed by atoms with E-state index in [1.165, 1.54) is 52.4 Å². The smallest absolute Gasteiger partial charge is 0.302 e. The molecule has 26 heavy (non-hydrogen) atoms. The van der Waals surface area contributed by atoms with Gasteiger partial charge in [0.05, 0.1) is 13.2 Å². The molecule has 0 unspecified atom stereocenters. The van der Waals surface area contributed by atoms with Crippen LogP contribution in [0.3, 0.4) is 0 Å². The highest BCUT2D eigenvalue weighted by molar-refractivity contribution is 5.66. The number of ether oxygens (including phenoxy) is 2. The molecule has 0 aromatic carbocycles. The summed E-state index contributed by atoms with van der Waals surface area (Å²) < 4.78 is 9.79. The highest BCUT2D eigenvalue weighted by Crippen LogP contribution is 2.08. The third-order valence-corrected chi connectivity index (χ3v) is 3.97. The molecule has 0 aromatic rings. The summed E-state index contributed by atoms with van der Waals surface area (Å²) in [6.45, 7) is 4.00. The van der Waals surface area contributed by atoms with Crippen molar-refractivity contribution in [1.29, 1.82) is 0 Å². The van der Waals surface area contributed by atoms with Crippen LogP contribution >= 0.6 is 0 Å². The van der Waals surface area contributed by atoms with Crippen LogP contribution in [-0.2, 0) is 19.1 Å². The fourth-order valence-electron chi connectivity index (χ4n) is 2.51. The number of carbonyl (C=O) groups excluding carboxylic acids is 2. The Hall–Kier alpha value is -1.58. The molecule has 0 aliphatic rings. The van der Waals surface area contributed by atoms with E-state index in [9.17, 15) is 9.59 Å². The summed E-state index contributed by atoms with van der Waals surface area (Å²) in [6, 6.07) is 0. The summed E-state index contributed by atoms with van der Waals surface area (Å²) in [5.74, 6) is -0.375. The molecule has 0 saturated carbocycles. The maximum Gasteiger partial charge on any atom is 0.302 e. The average molecular weight is 367 g/mol. The highest BCUT2D eigenvalue weighted by atomic mass is 16.5. The van der Waals surface area contributed by atoms with Gasteiger partial charge in [0.15, 0.2) is 0 Å². The van der Waals surface area contributed by atoms with Crippen LogP contribution in [0.5, 0.6) is 0 Å². The van der Waals surface area contributed by atoms with E-state index in [1.807, 2.05) is 0 Å². The molecule has 0 rings (SSSR count). The summed E-state index contributed by atoms with van der Waals surface area (Å²) in [5.41, 5.74) is 0. The van der Waals surface area contributed by atoms with Crippen LogP contribution in [-0.4, -0.2) is 25.2 Å². The fraction of sp³-hybridized carbons (Fsp3) is 0.727. The quantitative estimate of drug-likeness (QED) is 0.182. The first-order valence-electron chi connectivity index (χ1n) is 10.2. The van der Waals surface area contributed by atoms with Gasteiger partial charge in [0.2, 0.25) is 0 Å². The summed E-state index contributed by atoms with van der Waals surface area (Å²) in [6.07, 6.45) is 22.7. The van der Waals surface area contributed by atoms with Gasteiger partial charge in [0.1, 0.15) is 0 Å². The zero-order valence-corrected chi connectivity index (χ0v) is 16.8. The second kappa shape index (κ2) is 19.7. The maximum absolute atomic E-state index is 10.6. The molecule has 0 N–H and O–H groups in total. The molecule has 0 bridgehead atoms. The van der Waals surface area contributed by atoms with Crippen molar-refractivity contribution in [3.8, 4) is 0 Å². The van der Waals surface area contributed by atoms with Crippen molar-refractivity contribution in [3.05, 3.63) is 24.3 Å². The van der Waals surface area contributed by atoms with E-state index in [0.717, 1.165) is 38.5 Å². The van der Waals surface area contributed by atoms with Crippen LogP contribution in [0.15, 0.2) is 24.3 Å². The summed E-state index contributed by atoms with van der Waals surface area (Å²) in [7, 11) is 0. The fourth-order valence-corrected chi connectivity index (χ4v) is 2.51. The van der Waals surface area contributed by atoms with E-state index in [4.69, 9.17) is 9.47 Å². The second-order valence-electron chi connectivity index (χ2n) is 6.61. The highest BCUT2D eigenvalue weighted by Gasteiger charge is 1.93. The predicted molar refractivity (Wildman–Crippen MR) is 107 cm³/mol. The number of hydrogen-bond acceptors (Lipinski definition) is 4. The summed E-state index contributed by atoms with van der Waals surface area (Å²) >= 11 is 0. The molecule has 0 aromatic heterocycles. The SMILES string of the molecule is CC(=O)OCCCCC=CCCCCCCC=CCCCCOC(C)=O. The number of esters is 2. The van der Waals surface area contributed by atoms with Crippen LogP contribution in [0.1, 0.15) is 90.9 Å². The van der Waals surface area contributed by atoms with Crippen LogP contribution in [0, 0.1) is 0 Å². The van der Waals surface area contributed by atoms with Crippen molar-refractivity contribution in [2.75, 3.05) is 13.2 Å². The summed E-state index contributed by atoms with van der Waals surface area (Å²) in [5, 5.41) is 0. The Morgan fingerprint density at radius 3 is 1.15 bits per heavy atom. The van der Waals surface area contributed by atoms with Gasteiger partial charge in [-0.25, -0.2) is 0 Å². The molecular weight excluding hydrogens is 328 g/mol. The standard InChI is InChI=1S/C22H38O4/c1-21(23)25-19-17-15-13-11-9-7-5-3-4-6-8-10-12-14-16-18-20-26-22(2)24/h9-12H,3-8,13-20H2,1-2H3. The molecule has 0 aliphatic heterocycles. The Kier molecular flexibility index (Phi) is 18.5. The van der Waals surface area contributed by atoms with Gasteiger partial charge in [-0.3, -0.25) is 9.59 Å². The lowest BCUT2D eigenvalue weighted by molar-refractivity contribution is -0.142. The largest absolute Gasteiger partial charge is 0.466 e. The van der Waals surface area contributed by atoms with Crippen molar-refractivity contribution in [1.82, 2.24) is 0 Å². The Bertz CT molecular complexity index is 361. The summed E-state index contributed by atoms with van der Waals surface area (Å²) in [4.78, 5) is 21.2. The van der Waals surface area contributed by atoms with Crippen molar-refractivity contribution in [2.24, 2.45) is 0 Å². The number of unbranched alkanes of at least 4 members (excludes halogenated alkanes) is 9. The third-order valence-electron chi connectivity index (χ3n) is 3.97. The third kappa shape index (κ3) is 22.4. The van der Waals surface area contributed by atoms with Gasteiger partial charge < -0.3 is 9.47 Å². The molecule has 4 heteroatoms. The van der Waals surface area contributed by atoms with Crippen molar-refractivity contribution < 1.29 is 19.1 Å². The predicted octanol–water partition coefficient (Wildman–Crippen LogP) is 5.91. The first kappa shape index (κ1) is 24.4. The van der Waals surface area contributed by atoms with Crippen LogP contribution in [0.2, 0.25) is 0 Å². The minimum atomic E-state index is -0.188. The van der Waals surface area contributed by atoms with Crippen molar-refractivity contribution >= 4 is 11.9 Å². The number of rotatable bonds is 17.